The van der Waals surface area contributed by atoms with Gasteiger partial charge in [-0.25, -0.2) is 4.98 Å². The fraction of sp³-hybridized carbons (Fsp3) is 0.0577. The fourth-order valence-corrected chi connectivity index (χ4v) is 9.09. The summed E-state index contributed by atoms with van der Waals surface area (Å²) in [5.74, 6) is 1.84. The molecule has 0 aliphatic carbocycles. The zero-order valence-electron chi connectivity index (χ0n) is 31.7. The zero-order chi connectivity index (χ0) is 38.3. The van der Waals surface area contributed by atoms with Crippen molar-refractivity contribution in [2.45, 2.75) is 20.3 Å². The van der Waals surface area contributed by atoms with Crippen LogP contribution >= 0.6 is 11.3 Å². The van der Waals surface area contributed by atoms with Gasteiger partial charge in [0.2, 0.25) is 5.95 Å². The molecule has 11 rings (SSSR count). The van der Waals surface area contributed by atoms with Crippen LogP contribution < -0.4 is 0 Å². The van der Waals surface area contributed by atoms with E-state index in [1.807, 2.05) is 35.6 Å². The number of para-hydroxylation sites is 2. The Labute approximate surface area is 335 Å². The molecule has 0 radical (unpaired) electrons. The molecule has 0 saturated heterocycles. The summed E-state index contributed by atoms with van der Waals surface area (Å²) in [7, 11) is 0. The summed E-state index contributed by atoms with van der Waals surface area (Å²) in [6.45, 7) is 4.25. The van der Waals surface area contributed by atoms with Crippen LogP contribution in [0.5, 0.6) is 0 Å². The van der Waals surface area contributed by atoms with Gasteiger partial charge in [-0.05, 0) is 45.7 Å². The predicted octanol–water partition coefficient (Wildman–Crippen LogP) is 14.6. The standard InChI is InChI=1S/C49H30N4S.C3H8/c1-3-12-31(13-4-1)32-22-24-35(25-23-32)48-50-47(34-15-5-2-6-16-34)51-49(52-48)53-42-21-10-9-18-39(42)40-20-11-19-38(46(40)53)36-26-28-41-44(30-36)54-43-29-27-33-14-7-8-17-37(33)45(41)43;1-3-2/h1-30H;3H2,1-2H3. The van der Waals surface area contributed by atoms with Gasteiger partial charge in [-0.1, -0.05) is 184 Å². The van der Waals surface area contributed by atoms with E-state index in [0.717, 1.165) is 49.6 Å². The summed E-state index contributed by atoms with van der Waals surface area (Å²) < 4.78 is 4.81. The van der Waals surface area contributed by atoms with Gasteiger partial charge in [0.15, 0.2) is 11.6 Å². The van der Waals surface area contributed by atoms with Gasteiger partial charge in [0.05, 0.1) is 11.0 Å². The summed E-state index contributed by atoms with van der Waals surface area (Å²) in [6.07, 6.45) is 1.25. The lowest BCUT2D eigenvalue weighted by atomic mass is 9.99. The number of thiophene rings is 1. The molecular weight excluding hydrogens is 713 g/mol. The van der Waals surface area contributed by atoms with E-state index >= 15 is 0 Å². The molecule has 0 amide bonds. The van der Waals surface area contributed by atoms with Crippen LogP contribution in [0, 0.1) is 0 Å². The van der Waals surface area contributed by atoms with Gasteiger partial charge in [0.1, 0.15) is 0 Å². The Morgan fingerprint density at radius 1 is 0.439 bits per heavy atom. The van der Waals surface area contributed by atoms with Crippen LogP contribution in [0.2, 0.25) is 0 Å². The van der Waals surface area contributed by atoms with E-state index in [4.69, 9.17) is 15.0 Å². The third kappa shape index (κ3) is 6.13. The number of aromatic nitrogens is 4. The minimum Gasteiger partial charge on any atom is -0.277 e. The lowest BCUT2D eigenvalue weighted by Gasteiger charge is -2.13. The van der Waals surface area contributed by atoms with E-state index < -0.39 is 0 Å². The second kappa shape index (κ2) is 14.6. The average Bonchev–Trinajstić information content (AvgIpc) is 3.83. The average molecular weight is 751 g/mol. The van der Waals surface area contributed by atoms with E-state index in [1.54, 1.807) is 0 Å². The topological polar surface area (TPSA) is 43.6 Å². The molecule has 0 fully saturated rings. The maximum atomic E-state index is 5.26. The van der Waals surface area contributed by atoms with E-state index in [2.05, 4.69) is 176 Å². The summed E-state index contributed by atoms with van der Waals surface area (Å²) >= 11 is 1.86. The molecule has 0 saturated carbocycles. The minimum absolute atomic E-state index is 0.582. The molecule has 5 heteroatoms. The van der Waals surface area contributed by atoms with Crippen LogP contribution in [0.1, 0.15) is 20.3 Å². The number of benzene rings is 8. The maximum Gasteiger partial charge on any atom is 0.238 e. The predicted molar refractivity (Wildman–Crippen MR) is 242 cm³/mol. The molecule has 8 aromatic carbocycles. The smallest absolute Gasteiger partial charge is 0.238 e. The summed E-state index contributed by atoms with van der Waals surface area (Å²) in [5.41, 5.74) is 8.58. The van der Waals surface area contributed by atoms with Gasteiger partial charge < -0.3 is 0 Å². The van der Waals surface area contributed by atoms with Crippen LogP contribution in [0.25, 0.3) is 104 Å². The van der Waals surface area contributed by atoms with Crippen molar-refractivity contribution in [2.75, 3.05) is 0 Å². The van der Waals surface area contributed by atoms with E-state index in [9.17, 15) is 0 Å². The first kappa shape index (κ1) is 34.5. The molecule has 0 aliphatic rings. The SMILES string of the molecule is CCC.c1ccc(-c2ccc(-c3nc(-c4ccccc4)nc(-n4c5ccccc5c5cccc(-c6ccc7c(c6)sc6ccc8ccccc8c67)c54)n3)cc2)cc1. The van der Waals surface area contributed by atoms with Gasteiger partial charge in [-0.2, -0.15) is 9.97 Å². The van der Waals surface area contributed by atoms with E-state index in [1.165, 1.54) is 42.9 Å². The van der Waals surface area contributed by atoms with Crippen molar-refractivity contribution in [1.29, 1.82) is 0 Å². The Kier molecular flexibility index (Phi) is 8.85. The highest BCUT2D eigenvalue weighted by Crippen LogP contribution is 2.43. The summed E-state index contributed by atoms with van der Waals surface area (Å²) in [5, 5.41) is 7.49. The monoisotopic (exact) mass is 750 g/mol. The van der Waals surface area contributed by atoms with E-state index in [0.29, 0.717) is 17.6 Å². The van der Waals surface area contributed by atoms with Crippen molar-refractivity contribution < 1.29 is 0 Å². The number of fused-ring (bicyclic) bond motifs is 8. The minimum atomic E-state index is 0.582. The lowest BCUT2D eigenvalue weighted by Crippen LogP contribution is -2.07. The Morgan fingerprint density at radius 2 is 1.02 bits per heavy atom. The van der Waals surface area contributed by atoms with Crippen LogP contribution in [0.4, 0.5) is 0 Å². The molecule has 3 heterocycles. The first-order valence-electron chi connectivity index (χ1n) is 19.5. The van der Waals surface area contributed by atoms with Crippen molar-refractivity contribution in [1.82, 2.24) is 19.5 Å². The van der Waals surface area contributed by atoms with Gasteiger partial charge in [-0.3, -0.25) is 4.57 Å². The van der Waals surface area contributed by atoms with Crippen molar-refractivity contribution in [3.63, 3.8) is 0 Å². The Hall–Kier alpha value is -6.95. The molecule has 3 aromatic heterocycles. The molecule has 0 spiro atoms. The van der Waals surface area contributed by atoms with Crippen molar-refractivity contribution in [3.8, 4) is 51.0 Å². The third-order valence-electron chi connectivity index (χ3n) is 10.5. The first-order valence-corrected chi connectivity index (χ1v) is 20.3. The van der Waals surface area contributed by atoms with Gasteiger partial charge >= 0.3 is 0 Å². The molecule has 0 unspecified atom stereocenters. The van der Waals surface area contributed by atoms with Crippen LogP contribution in [-0.4, -0.2) is 19.5 Å². The molecule has 57 heavy (non-hydrogen) atoms. The zero-order valence-corrected chi connectivity index (χ0v) is 32.5. The first-order chi connectivity index (χ1) is 28.2. The number of hydrogen-bond donors (Lipinski definition) is 0. The molecule has 11 aromatic rings. The fourth-order valence-electron chi connectivity index (χ4n) is 7.93. The number of hydrogen-bond acceptors (Lipinski definition) is 4. The normalized spacial score (nSPS) is 11.4. The number of nitrogens with zero attached hydrogens (tertiary/aromatic N) is 4. The van der Waals surface area contributed by atoms with Gasteiger partial charge in [0, 0.05) is 47.6 Å². The Balaban J connectivity index is 0.00000128. The van der Waals surface area contributed by atoms with Crippen LogP contribution in [0.3, 0.4) is 0 Å². The second-order valence-corrected chi connectivity index (χ2v) is 15.4. The highest BCUT2D eigenvalue weighted by atomic mass is 32.1. The number of rotatable bonds is 5. The molecule has 0 N–H and O–H groups in total. The molecular formula is C52H38N4S. The van der Waals surface area contributed by atoms with Crippen molar-refractivity contribution in [3.05, 3.63) is 182 Å². The van der Waals surface area contributed by atoms with Crippen molar-refractivity contribution in [2.24, 2.45) is 0 Å². The highest BCUT2D eigenvalue weighted by Gasteiger charge is 2.21. The summed E-state index contributed by atoms with van der Waals surface area (Å²) in [4.78, 5) is 15.6. The quantitative estimate of drug-likeness (QED) is 0.176. The molecule has 4 nitrogen and oxygen atoms in total. The van der Waals surface area contributed by atoms with Gasteiger partial charge in [0.25, 0.3) is 0 Å². The molecule has 0 bridgehead atoms. The molecule has 0 aliphatic heterocycles. The lowest BCUT2D eigenvalue weighted by molar-refractivity contribution is 0.954. The third-order valence-corrected chi connectivity index (χ3v) is 11.6. The molecule has 272 valence electrons. The highest BCUT2D eigenvalue weighted by molar-refractivity contribution is 7.26. The Morgan fingerprint density at radius 3 is 1.77 bits per heavy atom. The summed E-state index contributed by atoms with van der Waals surface area (Å²) in [6, 6.07) is 64.4. The van der Waals surface area contributed by atoms with E-state index in [-0.39, 0.29) is 0 Å². The van der Waals surface area contributed by atoms with Gasteiger partial charge in [-0.15, -0.1) is 11.3 Å². The maximum absolute atomic E-state index is 5.26. The molecule has 0 atom stereocenters. The largest absolute Gasteiger partial charge is 0.277 e. The second-order valence-electron chi connectivity index (χ2n) is 14.3. The van der Waals surface area contributed by atoms with Crippen LogP contribution in [-0.2, 0) is 0 Å². The van der Waals surface area contributed by atoms with Crippen LogP contribution in [0.15, 0.2) is 182 Å². The van der Waals surface area contributed by atoms with Crippen molar-refractivity contribution >= 4 is 64.1 Å². The Bertz CT molecular complexity index is 3220.